The molecule has 11 nitrogen and oxygen atoms in total. The fraction of sp³-hybridized carbons (Fsp3) is 0.304. The molecular weight excluding hydrogens is 440 g/mol. The third-order valence-corrected chi connectivity index (χ3v) is 6.36. The van der Waals surface area contributed by atoms with Crippen molar-refractivity contribution in [1.82, 2.24) is 20.1 Å². The quantitative estimate of drug-likeness (QED) is 0.649. The van der Waals surface area contributed by atoms with Crippen LogP contribution in [0.15, 0.2) is 46.6 Å². The zero-order valence-corrected chi connectivity index (χ0v) is 18.2. The van der Waals surface area contributed by atoms with Crippen LogP contribution in [0.25, 0.3) is 0 Å². The fourth-order valence-electron chi connectivity index (χ4n) is 4.61. The van der Waals surface area contributed by atoms with Crippen LogP contribution in [0.1, 0.15) is 21.5 Å². The van der Waals surface area contributed by atoms with E-state index < -0.39 is 6.04 Å². The molecule has 0 bridgehead atoms. The summed E-state index contributed by atoms with van der Waals surface area (Å²) < 4.78 is 10.7. The highest BCUT2D eigenvalue weighted by atomic mass is 16.6. The number of hydrogen-bond acceptors (Lipinski definition) is 9. The van der Waals surface area contributed by atoms with Gasteiger partial charge in [-0.15, -0.1) is 0 Å². The molecule has 172 valence electrons. The minimum atomic E-state index is -0.468. The van der Waals surface area contributed by atoms with Crippen LogP contribution in [0.5, 0.6) is 5.75 Å². The Morgan fingerprint density at radius 1 is 1.29 bits per heavy atom. The lowest BCUT2D eigenvalue weighted by molar-refractivity contribution is -0.218. The number of esters is 1. The second-order valence-electron chi connectivity index (χ2n) is 8.29. The van der Waals surface area contributed by atoms with Crippen molar-refractivity contribution in [3.63, 3.8) is 0 Å². The van der Waals surface area contributed by atoms with Crippen molar-refractivity contribution in [1.29, 1.82) is 0 Å². The van der Waals surface area contributed by atoms with Gasteiger partial charge in [-0.3, -0.25) is 29.8 Å². The number of nitrogens with zero attached hydrogens (tertiary/aromatic N) is 5. The number of rotatable bonds is 4. The first kappa shape index (κ1) is 20.3. The molecule has 0 radical (unpaired) electrons. The summed E-state index contributed by atoms with van der Waals surface area (Å²) in [6, 6.07) is 6.56. The van der Waals surface area contributed by atoms with Gasteiger partial charge in [-0.25, -0.2) is 9.79 Å². The number of morpholine rings is 1. The van der Waals surface area contributed by atoms with Crippen LogP contribution in [0.2, 0.25) is 0 Å². The van der Waals surface area contributed by atoms with Crippen molar-refractivity contribution in [2.24, 2.45) is 9.98 Å². The van der Waals surface area contributed by atoms with E-state index >= 15 is 0 Å². The molecule has 0 spiro atoms. The number of likely N-dealkylation sites (tertiary alicyclic amines) is 1. The van der Waals surface area contributed by atoms with Crippen molar-refractivity contribution in [2.75, 3.05) is 26.7 Å². The van der Waals surface area contributed by atoms with Crippen LogP contribution < -0.4 is 10.1 Å². The number of fused-ring (bicyclic) bond motifs is 4. The summed E-state index contributed by atoms with van der Waals surface area (Å²) in [5.74, 6) is 0.571. The summed E-state index contributed by atoms with van der Waals surface area (Å²) >= 11 is 0. The van der Waals surface area contributed by atoms with E-state index in [2.05, 4.69) is 15.3 Å². The molecule has 4 aliphatic rings. The molecule has 2 amide bonds. The van der Waals surface area contributed by atoms with Gasteiger partial charge in [0.05, 0.1) is 32.2 Å². The van der Waals surface area contributed by atoms with E-state index in [-0.39, 0.29) is 30.3 Å². The highest BCUT2D eigenvalue weighted by Gasteiger charge is 2.57. The third kappa shape index (κ3) is 3.04. The summed E-state index contributed by atoms with van der Waals surface area (Å²) in [6.45, 7) is 1.56. The highest BCUT2D eigenvalue weighted by molar-refractivity contribution is 6.20. The predicted molar refractivity (Wildman–Crippen MR) is 119 cm³/mol. The number of aromatic nitrogens is 1. The minimum absolute atomic E-state index is 0.0516. The summed E-state index contributed by atoms with van der Waals surface area (Å²) in [4.78, 5) is 53.9. The van der Waals surface area contributed by atoms with Gasteiger partial charge in [-0.05, 0) is 18.2 Å². The molecule has 6 rings (SSSR count). The number of nitrogens with one attached hydrogen (secondary N) is 1. The maximum Gasteiger partial charge on any atom is 0.333 e. The number of carbonyl (C=O) groups excluding carboxylic acids is 3. The van der Waals surface area contributed by atoms with Crippen LogP contribution in [0.4, 0.5) is 5.69 Å². The average molecular weight is 460 g/mol. The number of methoxy groups -OCH3 is 1. The van der Waals surface area contributed by atoms with Gasteiger partial charge in [0.15, 0.2) is 12.1 Å². The largest absolute Gasteiger partial charge is 0.494 e. The molecule has 1 unspecified atom stereocenters. The Morgan fingerprint density at radius 3 is 2.91 bits per heavy atom. The molecule has 1 aromatic carbocycles. The average Bonchev–Trinajstić information content (AvgIpc) is 3.32. The molecule has 2 aromatic rings. The van der Waals surface area contributed by atoms with Crippen LogP contribution in [0, 0.1) is 0 Å². The number of hydrogen-bond donors (Lipinski definition) is 1. The molecule has 0 saturated carbocycles. The standard InChI is InChI=1S/C23H20N6O5/c1-33-19-12(9-16(30)29-11-15-18(29)22(32)34-15)4-5-14-17(19)26-23(28-8-7-25-20(14)28)27-21(31)13-3-2-6-24-10-13/h2-6,10,15,18H,7-9,11H2,1H3,(H,26,27,31)/t15?,18-/m0/s1. The maximum absolute atomic E-state index is 12.8. The Kier molecular flexibility index (Phi) is 4.57. The van der Waals surface area contributed by atoms with Gasteiger partial charge >= 0.3 is 5.97 Å². The van der Waals surface area contributed by atoms with Crippen molar-refractivity contribution < 1.29 is 23.9 Å². The fourth-order valence-corrected chi connectivity index (χ4v) is 4.61. The summed E-state index contributed by atoms with van der Waals surface area (Å²) in [5, 5.41) is 2.85. The van der Waals surface area contributed by atoms with Gasteiger partial charge in [0.2, 0.25) is 11.9 Å². The Morgan fingerprint density at radius 2 is 2.18 bits per heavy atom. The van der Waals surface area contributed by atoms with Crippen LogP contribution in [0.3, 0.4) is 0 Å². The molecular formula is C23H20N6O5. The first-order valence-electron chi connectivity index (χ1n) is 10.9. The van der Waals surface area contributed by atoms with Crippen molar-refractivity contribution in [3.8, 4) is 5.75 Å². The van der Waals surface area contributed by atoms with Gasteiger partial charge in [0.1, 0.15) is 17.3 Å². The zero-order chi connectivity index (χ0) is 23.4. The summed E-state index contributed by atoms with van der Waals surface area (Å²) in [5.41, 5.74) is 2.30. The number of benzene rings is 1. The van der Waals surface area contributed by atoms with Crippen LogP contribution >= 0.6 is 0 Å². The van der Waals surface area contributed by atoms with E-state index in [1.54, 1.807) is 18.3 Å². The summed E-state index contributed by atoms with van der Waals surface area (Å²) in [6.07, 6.45) is 2.95. The number of aliphatic imine (C=N–C) groups is 2. The SMILES string of the molecule is COc1c(CC(=O)N2CC3OC(=O)[C@H]32)ccc2c1N=C(NC(=O)c1cccnc1)N1CCN=C21. The monoisotopic (exact) mass is 460 g/mol. The molecule has 4 aliphatic heterocycles. The van der Waals surface area contributed by atoms with E-state index in [4.69, 9.17) is 14.5 Å². The van der Waals surface area contributed by atoms with Gasteiger partial charge in [-0.2, -0.15) is 0 Å². The van der Waals surface area contributed by atoms with Gasteiger partial charge < -0.3 is 14.4 Å². The van der Waals surface area contributed by atoms with E-state index in [1.165, 1.54) is 18.2 Å². The van der Waals surface area contributed by atoms with Gasteiger partial charge in [-0.1, -0.05) is 6.07 Å². The number of ether oxygens (including phenoxy) is 2. The highest BCUT2D eigenvalue weighted by Crippen LogP contribution is 2.40. The van der Waals surface area contributed by atoms with Gasteiger partial charge in [0.25, 0.3) is 5.91 Å². The van der Waals surface area contributed by atoms with Gasteiger partial charge in [0, 0.05) is 30.1 Å². The molecule has 1 N–H and O–H groups in total. The number of amidine groups is 1. The molecule has 5 heterocycles. The number of pyridine rings is 1. The molecule has 1 aromatic heterocycles. The second-order valence-corrected chi connectivity index (χ2v) is 8.29. The van der Waals surface area contributed by atoms with Crippen LogP contribution in [-0.2, 0) is 20.7 Å². The smallest absolute Gasteiger partial charge is 0.333 e. The van der Waals surface area contributed by atoms with E-state index in [9.17, 15) is 14.4 Å². The number of guanidine groups is 1. The molecule has 0 aliphatic carbocycles. The van der Waals surface area contributed by atoms with Crippen LogP contribution in [-0.4, -0.2) is 83.3 Å². The first-order chi connectivity index (χ1) is 16.5. The molecule has 11 heteroatoms. The topological polar surface area (TPSA) is 126 Å². The Labute approximate surface area is 194 Å². The third-order valence-electron chi connectivity index (χ3n) is 6.36. The first-order valence-corrected chi connectivity index (χ1v) is 10.9. The molecule has 34 heavy (non-hydrogen) atoms. The molecule has 2 atom stereocenters. The van der Waals surface area contributed by atoms with Crippen molar-refractivity contribution in [3.05, 3.63) is 53.3 Å². The minimum Gasteiger partial charge on any atom is -0.494 e. The van der Waals surface area contributed by atoms with E-state index in [1.807, 2.05) is 17.0 Å². The Balaban J connectivity index is 1.32. The van der Waals surface area contributed by atoms with E-state index in [0.29, 0.717) is 54.0 Å². The van der Waals surface area contributed by atoms with Crippen molar-refractivity contribution >= 4 is 35.3 Å². The van der Waals surface area contributed by atoms with Crippen molar-refractivity contribution in [2.45, 2.75) is 18.6 Å². The lowest BCUT2D eigenvalue weighted by Crippen LogP contribution is -2.74. The van der Waals surface area contributed by atoms with E-state index in [0.717, 1.165) is 5.56 Å². The normalized spacial score (nSPS) is 21.6. The lowest BCUT2D eigenvalue weighted by atomic mass is 9.92. The second kappa shape index (κ2) is 7.65. The molecule has 2 saturated heterocycles. The predicted octanol–water partition coefficient (Wildman–Crippen LogP) is 0.262. The lowest BCUT2D eigenvalue weighted by Gasteiger charge is -2.52. The number of carbonyl (C=O) groups is 3. The number of amides is 2. The Hall–Kier alpha value is -4.28. The maximum atomic E-state index is 12.8. The Bertz CT molecular complexity index is 1290. The molecule has 2 fully saturated rings. The zero-order valence-electron chi connectivity index (χ0n) is 18.2. The summed E-state index contributed by atoms with van der Waals surface area (Å²) in [7, 11) is 1.51.